The Morgan fingerprint density at radius 2 is 1.93 bits per heavy atom. The van der Waals surface area contributed by atoms with Gasteiger partial charge in [-0.2, -0.15) is 0 Å². The van der Waals surface area contributed by atoms with Crippen molar-refractivity contribution in [3.05, 3.63) is 54.4 Å². The van der Waals surface area contributed by atoms with Gasteiger partial charge in [-0.3, -0.25) is 9.36 Å². The summed E-state index contributed by atoms with van der Waals surface area (Å²) >= 11 is 0. The standard InChI is InChI=1S/C22H25N3O2/c1-15-5-3-4-6-19(15)24-22(26)16-7-12-21-20(13-16)23-14-25(21)17-8-10-18(27-2)11-9-17/h7-15,19H,3-6H2,1-2H3,(H,24,26)/t15-,19-/m0/s1. The summed E-state index contributed by atoms with van der Waals surface area (Å²) in [6.45, 7) is 2.23. The minimum Gasteiger partial charge on any atom is -0.497 e. The van der Waals surface area contributed by atoms with Crippen LogP contribution in [0.1, 0.15) is 43.0 Å². The maximum atomic E-state index is 12.7. The van der Waals surface area contributed by atoms with Gasteiger partial charge in [0, 0.05) is 17.3 Å². The summed E-state index contributed by atoms with van der Waals surface area (Å²) in [5.41, 5.74) is 3.46. The molecule has 27 heavy (non-hydrogen) atoms. The number of methoxy groups -OCH3 is 1. The van der Waals surface area contributed by atoms with E-state index in [-0.39, 0.29) is 11.9 Å². The molecule has 1 aliphatic rings. The number of carbonyl (C=O) groups excluding carboxylic acids is 1. The van der Waals surface area contributed by atoms with E-state index in [2.05, 4.69) is 17.2 Å². The van der Waals surface area contributed by atoms with Crippen LogP contribution in [0.4, 0.5) is 0 Å². The second-order valence-electron chi connectivity index (χ2n) is 7.36. The zero-order valence-electron chi connectivity index (χ0n) is 15.8. The third-order valence-electron chi connectivity index (χ3n) is 5.59. The minimum atomic E-state index is -0.00496. The largest absolute Gasteiger partial charge is 0.497 e. The van der Waals surface area contributed by atoms with E-state index in [4.69, 9.17) is 4.74 Å². The number of benzene rings is 2. The number of amides is 1. The number of rotatable bonds is 4. The van der Waals surface area contributed by atoms with E-state index in [0.29, 0.717) is 11.5 Å². The number of nitrogens with one attached hydrogen (secondary N) is 1. The second kappa shape index (κ2) is 7.43. The first-order chi connectivity index (χ1) is 13.2. The number of hydrogen-bond donors (Lipinski definition) is 1. The van der Waals surface area contributed by atoms with Crippen molar-refractivity contribution in [3.63, 3.8) is 0 Å². The fourth-order valence-corrected chi connectivity index (χ4v) is 3.88. The molecule has 0 spiro atoms. The SMILES string of the molecule is COc1ccc(-n2cnc3cc(C(=O)N[C@H]4CCCC[C@@H]4C)ccc32)cc1. The van der Waals surface area contributed by atoms with Gasteiger partial charge >= 0.3 is 0 Å². The first-order valence-electron chi connectivity index (χ1n) is 9.58. The summed E-state index contributed by atoms with van der Waals surface area (Å²) in [6.07, 6.45) is 6.51. The van der Waals surface area contributed by atoms with Crippen molar-refractivity contribution in [2.24, 2.45) is 5.92 Å². The summed E-state index contributed by atoms with van der Waals surface area (Å²) < 4.78 is 7.23. The predicted molar refractivity (Wildman–Crippen MR) is 107 cm³/mol. The average Bonchev–Trinajstić information content (AvgIpc) is 3.13. The third-order valence-corrected chi connectivity index (χ3v) is 5.59. The zero-order valence-corrected chi connectivity index (χ0v) is 15.8. The number of carbonyl (C=O) groups is 1. The summed E-state index contributed by atoms with van der Waals surface area (Å²) in [7, 11) is 1.66. The van der Waals surface area contributed by atoms with Crippen molar-refractivity contribution in [2.75, 3.05) is 7.11 Å². The van der Waals surface area contributed by atoms with Gasteiger partial charge in [-0.15, -0.1) is 0 Å². The van der Waals surface area contributed by atoms with Crippen LogP contribution in [-0.2, 0) is 0 Å². The topological polar surface area (TPSA) is 56.2 Å². The molecule has 2 atom stereocenters. The molecule has 5 nitrogen and oxygen atoms in total. The van der Waals surface area contributed by atoms with Gasteiger partial charge in [0.05, 0.1) is 18.1 Å². The van der Waals surface area contributed by atoms with E-state index in [9.17, 15) is 4.79 Å². The van der Waals surface area contributed by atoms with Gasteiger partial charge in [-0.05, 0) is 61.2 Å². The lowest BCUT2D eigenvalue weighted by atomic mass is 9.86. The number of aromatic nitrogens is 2. The number of hydrogen-bond acceptors (Lipinski definition) is 3. The minimum absolute atomic E-state index is 0.00496. The first-order valence-corrected chi connectivity index (χ1v) is 9.58. The molecule has 1 N–H and O–H groups in total. The smallest absolute Gasteiger partial charge is 0.251 e. The van der Waals surface area contributed by atoms with E-state index in [1.165, 1.54) is 19.3 Å². The Morgan fingerprint density at radius 1 is 1.15 bits per heavy atom. The quantitative estimate of drug-likeness (QED) is 0.750. The fourth-order valence-electron chi connectivity index (χ4n) is 3.88. The van der Waals surface area contributed by atoms with Crippen LogP contribution in [0.2, 0.25) is 0 Å². The summed E-state index contributed by atoms with van der Waals surface area (Å²) in [4.78, 5) is 17.2. The number of imidazole rings is 1. The monoisotopic (exact) mass is 363 g/mol. The Hall–Kier alpha value is -2.82. The molecule has 1 fully saturated rings. The highest BCUT2D eigenvalue weighted by molar-refractivity contribution is 5.97. The third kappa shape index (κ3) is 3.54. The maximum absolute atomic E-state index is 12.7. The van der Waals surface area contributed by atoms with Crippen LogP contribution in [0.3, 0.4) is 0 Å². The number of fused-ring (bicyclic) bond motifs is 1. The Balaban J connectivity index is 1.57. The Morgan fingerprint density at radius 3 is 2.67 bits per heavy atom. The fraction of sp³-hybridized carbons (Fsp3) is 0.364. The molecule has 4 rings (SSSR count). The van der Waals surface area contributed by atoms with Gasteiger partial charge < -0.3 is 10.1 Å². The molecule has 140 valence electrons. The number of nitrogens with zero attached hydrogens (tertiary/aromatic N) is 2. The molecule has 5 heteroatoms. The molecule has 1 aliphatic carbocycles. The van der Waals surface area contributed by atoms with Gasteiger partial charge in [0.2, 0.25) is 0 Å². The van der Waals surface area contributed by atoms with Gasteiger partial charge in [0.1, 0.15) is 12.1 Å². The van der Waals surface area contributed by atoms with Crippen molar-refractivity contribution < 1.29 is 9.53 Å². The molecule has 0 aliphatic heterocycles. The van der Waals surface area contributed by atoms with Crippen molar-refractivity contribution in [1.82, 2.24) is 14.9 Å². The van der Waals surface area contributed by atoms with E-state index < -0.39 is 0 Å². The highest BCUT2D eigenvalue weighted by Gasteiger charge is 2.23. The number of ether oxygens (including phenoxy) is 1. The van der Waals surface area contributed by atoms with E-state index in [1.807, 2.05) is 47.0 Å². The van der Waals surface area contributed by atoms with Gasteiger partial charge in [0.15, 0.2) is 0 Å². The lowest BCUT2D eigenvalue weighted by Crippen LogP contribution is -2.41. The molecular weight excluding hydrogens is 338 g/mol. The Labute approximate surface area is 159 Å². The molecular formula is C22H25N3O2. The molecule has 1 saturated carbocycles. The van der Waals surface area contributed by atoms with Crippen molar-refractivity contribution in [3.8, 4) is 11.4 Å². The van der Waals surface area contributed by atoms with Crippen LogP contribution in [0.5, 0.6) is 5.75 Å². The first kappa shape index (κ1) is 17.6. The van der Waals surface area contributed by atoms with Crippen LogP contribution in [0, 0.1) is 5.92 Å². The molecule has 0 unspecified atom stereocenters. The molecule has 2 aromatic carbocycles. The van der Waals surface area contributed by atoms with E-state index in [0.717, 1.165) is 28.9 Å². The highest BCUT2D eigenvalue weighted by atomic mass is 16.5. The molecule has 0 saturated heterocycles. The van der Waals surface area contributed by atoms with Crippen molar-refractivity contribution in [1.29, 1.82) is 0 Å². The molecule has 3 aromatic rings. The van der Waals surface area contributed by atoms with Gasteiger partial charge in [-0.1, -0.05) is 19.8 Å². The average molecular weight is 363 g/mol. The summed E-state index contributed by atoms with van der Waals surface area (Å²) in [6, 6.07) is 13.8. The Bertz CT molecular complexity index is 946. The lowest BCUT2D eigenvalue weighted by Gasteiger charge is -2.29. The maximum Gasteiger partial charge on any atom is 0.251 e. The zero-order chi connectivity index (χ0) is 18.8. The predicted octanol–water partition coefficient (Wildman–Crippen LogP) is 4.34. The van der Waals surface area contributed by atoms with Crippen molar-refractivity contribution in [2.45, 2.75) is 38.6 Å². The summed E-state index contributed by atoms with van der Waals surface area (Å²) in [5.74, 6) is 1.36. The van der Waals surface area contributed by atoms with Crippen molar-refractivity contribution >= 4 is 16.9 Å². The van der Waals surface area contributed by atoms with Gasteiger partial charge in [-0.25, -0.2) is 4.98 Å². The van der Waals surface area contributed by atoms with Gasteiger partial charge in [0.25, 0.3) is 5.91 Å². The van der Waals surface area contributed by atoms with Crippen LogP contribution >= 0.6 is 0 Å². The molecule has 0 radical (unpaired) electrons. The summed E-state index contributed by atoms with van der Waals surface area (Å²) in [5, 5.41) is 3.21. The lowest BCUT2D eigenvalue weighted by molar-refractivity contribution is 0.0910. The normalized spacial score (nSPS) is 19.8. The Kier molecular flexibility index (Phi) is 4.84. The van der Waals surface area contributed by atoms with E-state index in [1.54, 1.807) is 13.4 Å². The van der Waals surface area contributed by atoms with Crippen LogP contribution < -0.4 is 10.1 Å². The highest BCUT2D eigenvalue weighted by Crippen LogP contribution is 2.25. The van der Waals surface area contributed by atoms with Crippen LogP contribution in [0.15, 0.2) is 48.8 Å². The molecule has 0 bridgehead atoms. The molecule has 1 amide bonds. The van der Waals surface area contributed by atoms with E-state index >= 15 is 0 Å². The van der Waals surface area contributed by atoms with Crippen LogP contribution in [0.25, 0.3) is 16.7 Å². The molecule has 1 aromatic heterocycles. The molecule has 1 heterocycles. The second-order valence-corrected chi connectivity index (χ2v) is 7.36. The van der Waals surface area contributed by atoms with Crippen LogP contribution in [-0.4, -0.2) is 28.6 Å².